The van der Waals surface area contributed by atoms with Gasteiger partial charge in [-0.3, -0.25) is 0 Å². The minimum absolute atomic E-state index is 0.318. The average molecular weight is 362 g/mol. The fourth-order valence-electron chi connectivity index (χ4n) is 3.23. The van der Waals surface area contributed by atoms with E-state index in [4.69, 9.17) is 0 Å². The van der Waals surface area contributed by atoms with E-state index in [1.165, 1.54) is 0 Å². The Balaban J connectivity index is 1.53. The molecule has 2 aliphatic heterocycles. The first-order valence-electron chi connectivity index (χ1n) is 8.10. The molecule has 3 heterocycles. The quantitative estimate of drug-likeness (QED) is 0.820. The number of hydrogen-bond donors (Lipinski definition) is 0. The summed E-state index contributed by atoms with van der Waals surface area (Å²) in [5.74, 6) is 1.00. The Hall–Kier alpha value is -1.80. The Morgan fingerprint density at radius 1 is 1.21 bits per heavy atom. The fraction of sp³-hybridized carbons (Fsp3) is 0.438. The lowest BCUT2D eigenvalue weighted by molar-refractivity contribution is 0.313. The van der Waals surface area contributed by atoms with Gasteiger partial charge in [0.25, 0.3) is 10.0 Å². The molecule has 0 saturated carbocycles. The highest BCUT2D eigenvalue weighted by Gasteiger charge is 2.33. The van der Waals surface area contributed by atoms with Gasteiger partial charge in [-0.15, -0.1) is 25.9 Å². The van der Waals surface area contributed by atoms with Crippen molar-refractivity contribution in [1.29, 1.82) is 0 Å². The minimum atomic E-state index is -3.54. The number of aryl methyl sites for hydroxylation is 1. The van der Waals surface area contributed by atoms with E-state index in [0.29, 0.717) is 16.6 Å². The normalized spacial score (nSPS) is 20.0. The molecule has 6 nitrogen and oxygen atoms in total. The van der Waals surface area contributed by atoms with Crippen LogP contribution in [0.15, 0.2) is 33.6 Å². The minimum Gasteiger partial charge on any atom is -0.355 e. The van der Waals surface area contributed by atoms with Gasteiger partial charge < -0.3 is 4.90 Å². The molecule has 4 rings (SSSR count). The van der Waals surface area contributed by atoms with Gasteiger partial charge in [0.2, 0.25) is 0 Å². The molecule has 126 valence electrons. The molecule has 24 heavy (non-hydrogen) atoms. The predicted octanol–water partition coefficient (Wildman–Crippen LogP) is 2.43. The first-order valence-corrected chi connectivity index (χ1v) is 10.4. The number of benzene rings is 1. The van der Waals surface area contributed by atoms with Crippen molar-refractivity contribution >= 4 is 27.2 Å². The summed E-state index contributed by atoms with van der Waals surface area (Å²) in [4.78, 5) is 2.40. The topological polar surface area (TPSA) is 75.5 Å². The Morgan fingerprint density at radius 3 is 2.67 bits per heavy atom. The van der Waals surface area contributed by atoms with Gasteiger partial charge in [0.05, 0.1) is 0 Å². The number of piperidine rings is 1. The summed E-state index contributed by atoms with van der Waals surface area (Å²) in [5, 5.41) is 10.7. The van der Waals surface area contributed by atoms with E-state index in [2.05, 4.69) is 26.4 Å². The zero-order chi connectivity index (χ0) is 16.7. The summed E-state index contributed by atoms with van der Waals surface area (Å²) in [6.45, 7) is 3.66. The van der Waals surface area contributed by atoms with Crippen molar-refractivity contribution in [2.75, 3.05) is 13.1 Å². The Labute approximate surface area is 145 Å². The lowest BCUT2D eigenvalue weighted by atomic mass is 9.97. The Kier molecular flexibility index (Phi) is 3.88. The van der Waals surface area contributed by atoms with Crippen molar-refractivity contribution in [3.8, 4) is 0 Å². The third-order valence-electron chi connectivity index (χ3n) is 4.54. The van der Waals surface area contributed by atoms with Crippen LogP contribution in [0.4, 0.5) is 0 Å². The SMILES string of the molecule is CCc1nnc(C2CCN(C3=NS(=O)(=O)c4ccccc43)CC2)s1. The molecule has 0 N–H and O–H groups in total. The molecule has 2 aliphatic rings. The number of aromatic nitrogens is 2. The third-order valence-corrected chi connectivity index (χ3v) is 7.10. The van der Waals surface area contributed by atoms with Gasteiger partial charge in [-0.2, -0.15) is 8.42 Å². The van der Waals surface area contributed by atoms with Gasteiger partial charge >= 0.3 is 0 Å². The fourth-order valence-corrected chi connectivity index (χ4v) is 5.41. The number of fused-ring (bicyclic) bond motifs is 1. The number of likely N-dealkylation sites (tertiary alicyclic amines) is 1. The van der Waals surface area contributed by atoms with Gasteiger partial charge in [0.15, 0.2) is 5.84 Å². The van der Waals surface area contributed by atoms with Crippen LogP contribution in [-0.4, -0.2) is 42.4 Å². The van der Waals surface area contributed by atoms with Crippen LogP contribution in [-0.2, 0) is 16.4 Å². The van der Waals surface area contributed by atoms with Crippen LogP contribution in [0.5, 0.6) is 0 Å². The number of sulfonamides is 1. The van der Waals surface area contributed by atoms with E-state index >= 15 is 0 Å². The zero-order valence-electron chi connectivity index (χ0n) is 13.3. The highest BCUT2D eigenvalue weighted by molar-refractivity contribution is 7.90. The van der Waals surface area contributed by atoms with E-state index in [1.54, 1.807) is 23.5 Å². The average Bonchev–Trinajstić information content (AvgIpc) is 3.18. The second-order valence-corrected chi connectivity index (χ2v) is 8.70. The highest BCUT2D eigenvalue weighted by atomic mass is 32.2. The van der Waals surface area contributed by atoms with E-state index in [1.807, 2.05) is 12.1 Å². The summed E-state index contributed by atoms with van der Waals surface area (Å²) in [6.07, 6.45) is 2.81. The largest absolute Gasteiger partial charge is 0.355 e. The molecule has 8 heteroatoms. The number of hydrogen-bond acceptors (Lipinski definition) is 6. The Bertz CT molecular complexity index is 896. The lowest BCUT2D eigenvalue weighted by Crippen LogP contribution is -2.37. The maximum Gasteiger partial charge on any atom is 0.285 e. The van der Waals surface area contributed by atoms with Crippen molar-refractivity contribution in [2.24, 2.45) is 4.40 Å². The van der Waals surface area contributed by atoms with E-state index in [0.717, 1.165) is 47.9 Å². The van der Waals surface area contributed by atoms with Gasteiger partial charge in [0.1, 0.15) is 14.9 Å². The number of rotatable bonds is 2. The zero-order valence-corrected chi connectivity index (χ0v) is 15.0. The van der Waals surface area contributed by atoms with Crippen molar-refractivity contribution in [1.82, 2.24) is 15.1 Å². The number of amidine groups is 1. The Morgan fingerprint density at radius 2 is 1.96 bits per heavy atom. The second-order valence-electron chi connectivity index (χ2n) is 6.04. The van der Waals surface area contributed by atoms with Crippen LogP contribution in [0.3, 0.4) is 0 Å². The molecule has 2 aromatic rings. The first kappa shape index (κ1) is 15.7. The van der Waals surface area contributed by atoms with Crippen molar-refractivity contribution in [3.05, 3.63) is 39.8 Å². The van der Waals surface area contributed by atoms with Crippen LogP contribution in [0.1, 0.15) is 41.3 Å². The van der Waals surface area contributed by atoms with Gasteiger partial charge in [-0.1, -0.05) is 19.1 Å². The molecular weight excluding hydrogens is 344 g/mol. The summed E-state index contributed by atoms with van der Waals surface area (Å²) in [5.41, 5.74) is 0.722. The molecular formula is C16H18N4O2S2. The predicted molar refractivity (Wildman–Crippen MR) is 93.0 cm³/mol. The highest BCUT2D eigenvalue weighted by Crippen LogP contribution is 2.33. The van der Waals surface area contributed by atoms with Crippen LogP contribution in [0.25, 0.3) is 0 Å². The molecule has 1 aromatic carbocycles. The summed E-state index contributed by atoms with van der Waals surface area (Å²) in [7, 11) is -3.54. The van der Waals surface area contributed by atoms with E-state index < -0.39 is 10.0 Å². The second kappa shape index (κ2) is 5.93. The third kappa shape index (κ3) is 2.63. The number of nitrogens with zero attached hydrogens (tertiary/aromatic N) is 4. The van der Waals surface area contributed by atoms with Gasteiger partial charge in [-0.25, -0.2) is 0 Å². The summed E-state index contributed by atoms with van der Waals surface area (Å²) < 4.78 is 28.4. The monoisotopic (exact) mass is 362 g/mol. The van der Waals surface area contributed by atoms with Crippen LogP contribution in [0, 0.1) is 0 Å². The molecule has 1 aromatic heterocycles. The molecule has 0 spiro atoms. The van der Waals surface area contributed by atoms with Crippen molar-refractivity contribution in [3.63, 3.8) is 0 Å². The maximum absolute atomic E-state index is 12.2. The summed E-state index contributed by atoms with van der Waals surface area (Å²) in [6, 6.07) is 7.06. The van der Waals surface area contributed by atoms with Crippen LogP contribution >= 0.6 is 11.3 Å². The molecule has 0 atom stereocenters. The standard InChI is InChI=1S/C16H18N4O2S2/c1-2-14-17-18-16(23-14)11-7-9-20(10-8-11)15-12-5-3-4-6-13(12)24(21,22)19-15/h3-6,11H,2,7-10H2,1H3. The van der Waals surface area contributed by atoms with Gasteiger partial charge in [-0.05, 0) is 31.4 Å². The van der Waals surface area contributed by atoms with Crippen molar-refractivity contribution < 1.29 is 8.42 Å². The van der Waals surface area contributed by atoms with E-state index in [-0.39, 0.29) is 0 Å². The molecule has 0 unspecified atom stereocenters. The van der Waals surface area contributed by atoms with Crippen molar-refractivity contribution in [2.45, 2.75) is 37.0 Å². The molecule has 0 radical (unpaired) electrons. The molecule has 0 amide bonds. The summed E-state index contributed by atoms with van der Waals surface area (Å²) >= 11 is 1.69. The molecule has 1 fully saturated rings. The van der Waals surface area contributed by atoms with E-state index in [9.17, 15) is 8.42 Å². The first-order chi connectivity index (χ1) is 11.6. The maximum atomic E-state index is 12.2. The van der Waals surface area contributed by atoms with Crippen LogP contribution in [0.2, 0.25) is 0 Å². The molecule has 0 bridgehead atoms. The molecule has 1 saturated heterocycles. The van der Waals surface area contributed by atoms with Crippen LogP contribution < -0.4 is 0 Å². The molecule has 0 aliphatic carbocycles. The smallest absolute Gasteiger partial charge is 0.285 e. The van der Waals surface area contributed by atoms with Gasteiger partial charge in [0, 0.05) is 24.6 Å². The lowest BCUT2D eigenvalue weighted by Gasteiger charge is -2.32.